The largest absolute Gasteiger partial charge is 0.463 e. The summed E-state index contributed by atoms with van der Waals surface area (Å²) in [4.78, 5) is 43.6. The fourth-order valence-corrected chi connectivity index (χ4v) is 4.85. The Balaban J connectivity index is 2.24. The summed E-state index contributed by atoms with van der Waals surface area (Å²) in [6, 6.07) is 8.89. The van der Waals surface area contributed by atoms with Crippen LogP contribution >= 0.6 is 0 Å². The van der Waals surface area contributed by atoms with Gasteiger partial charge in [-0.1, -0.05) is 77.4 Å². The molecule has 0 radical (unpaired) electrons. The van der Waals surface area contributed by atoms with E-state index in [2.05, 4.69) is 22.3 Å². The van der Waals surface area contributed by atoms with Crippen LogP contribution < -0.4 is 5.32 Å². The molecule has 3 atom stereocenters. The molecule has 0 bridgehead atoms. The molecule has 1 aliphatic rings. The van der Waals surface area contributed by atoms with Crippen molar-refractivity contribution in [1.29, 1.82) is 0 Å². The van der Waals surface area contributed by atoms with Gasteiger partial charge in [-0.3, -0.25) is 14.5 Å². The number of nitrogens with zero attached hydrogens (tertiary/aromatic N) is 2. The summed E-state index contributed by atoms with van der Waals surface area (Å²) in [7, 11) is 1.75. The molecule has 7 heteroatoms. The predicted molar refractivity (Wildman–Crippen MR) is 148 cm³/mol. The van der Waals surface area contributed by atoms with E-state index in [1.807, 2.05) is 52.8 Å². The monoisotopic (exact) mass is 513 g/mol. The lowest BCUT2D eigenvalue weighted by Crippen LogP contribution is -2.60. The van der Waals surface area contributed by atoms with Gasteiger partial charge in [0.05, 0.1) is 18.7 Å². The number of hydrogen-bond donors (Lipinski definition) is 1. The quantitative estimate of drug-likeness (QED) is 0.366. The molecular weight excluding hydrogens is 466 g/mol. The summed E-state index contributed by atoms with van der Waals surface area (Å²) in [5.41, 5.74) is 1.14. The third-order valence-electron chi connectivity index (χ3n) is 7.04. The number of likely N-dealkylation sites (N-methyl/N-ethyl adjacent to an activating group) is 1. The minimum Gasteiger partial charge on any atom is -0.463 e. The van der Waals surface area contributed by atoms with Gasteiger partial charge in [-0.25, -0.2) is 4.79 Å². The molecule has 0 spiro atoms. The number of amides is 2. The molecule has 1 aromatic rings. The lowest BCUT2D eigenvalue weighted by atomic mass is 9.84. The van der Waals surface area contributed by atoms with E-state index in [-0.39, 0.29) is 35.8 Å². The number of hydrogen-bond acceptors (Lipinski definition) is 5. The van der Waals surface area contributed by atoms with Crippen molar-refractivity contribution in [3.8, 4) is 0 Å². The second kappa shape index (κ2) is 13.8. The number of ether oxygens (including phenoxy) is 1. The van der Waals surface area contributed by atoms with Crippen molar-refractivity contribution in [1.82, 2.24) is 15.1 Å². The van der Waals surface area contributed by atoms with Gasteiger partial charge in [-0.15, -0.1) is 0 Å². The second-order valence-electron chi connectivity index (χ2n) is 11.5. The molecular formula is C30H47N3O4. The third kappa shape index (κ3) is 8.70. The van der Waals surface area contributed by atoms with Gasteiger partial charge < -0.3 is 15.0 Å². The first-order chi connectivity index (χ1) is 17.4. The molecule has 1 fully saturated rings. The molecule has 2 amide bonds. The summed E-state index contributed by atoms with van der Waals surface area (Å²) >= 11 is 0. The van der Waals surface area contributed by atoms with Crippen LogP contribution in [0.2, 0.25) is 0 Å². The zero-order valence-corrected chi connectivity index (χ0v) is 24.0. The van der Waals surface area contributed by atoms with E-state index in [0.29, 0.717) is 18.7 Å². The molecule has 2 rings (SSSR count). The van der Waals surface area contributed by atoms with E-state index in [9.17, 15) is 14.4 Å². The van der Waals surface area contributed by atoms with Gasteiger partial charge in [0.1, 0.15) is 6.04 Å². The van der Waals surface area contributed by atoms with Gasteiger partial charge in [-0.2, -0.15) is 0 Å². The van der Waals surface area contributed by atoms with Crippen molar-refractivity contribution in [3.05, 3.63) is 47.5 Å². The Morgan fingerprint density at radius 3 is 2.38 bits per heavy atom. The Morgan fingerprint density at radius 1 is 1.16 bits per heavy atom. The fraction of sp³-hybridized carbons (Fsp3) is 0.633. The first-order valence-corrected chi connectivity index (χ1v) is 13.6. The summed E-state index contributed by atoms with van der Waals surface area (Å²) in [5, 5.41) is 3.13. The van der Waals surface area contributed by atoms with Gasteiger partial charge in [0, 0.05) is 19.2 Å². The summed E-state index contributed by atoms with van der Waals surface area (Å²) in [5.74, 6) is -0.589. The molecule has 1 saturated heterocycles. The van der Waals surface area contributed by atoms with Gasteiger partial charge in [0.2, 0.25) is 11.8 Å². The average molecular weight is 514 g/mol. The maximum atomic E-state index is 13.9. The Bertz CT molecular complexity index is 936. The smallest absolute Gasteiger partial charge is 0.333 e. The standard InChI is InChI=1S/C30H47N3O4/c1-9-37-29(36)22(4)19-25(21(2)3)32(8)28(35)26(30(5,6)7)31-27(34)24-17-13-14-18-33(24)20-23-15-11-10-12-16-23/h10-12,15-16,19,21,24-26H,9,13-14,17-18,20H2,1-8H3,(H,31,34)/b22-19+/t24?,25-,26-/m1/s1. The van der Waals surface area contributed by atoms with Crippen LogP contribution in [0.4, 0.5) is 0 Å². The number of esters is 1. The van der Waals surface area contributed by atoms with E-state index < -0.39 is 11.5 Å². The maximum absolute atomic E-state index is 13.9. The second-order valence-corrected chi connectivity index (χ2v) is 11.5. The number of piperidine rings is 1. The van der Waals surface area contributed by atoms with Crippen molar-refractivity contribution < 1.29 is 19.1 Å². The summed E-state index contributed by atoms with van der Waals surface area (Å²) < 4.78 is 5.13. The number of likely N-dealkylation sites (tertiary alicyclic amines) is 1. The van der Waals surface area contributed by atoms with Crippen molar-refractivity contribution in [2.24, 2.45) is 11.3 Å². The zero-order chi connectivity index (χ0) is 27.8. The lowest BCUT2D eigenvalue weighted by molar-refractivity contribution is -0.142. The summed E-state index contributed by atoms with van der Waals surface area (Å²) in [6.07, 6.45) is 4.62. The van der Waals surface area contributed by atoms with E-state index >= 15 is 0 Å². The van der Waals surface area contributed by atoms with Crippen molar-refractivity contribution in [2.45, 2.75) is 92.4 Å². The van der Waals surface area contributed by atoms with Crippen LogP contribution in [0, 0.1) is 11.3 Å². The van der Waals surface area contributed by atoms with Gasteiger partial charge in [0.25, 0.3) is 0 Å². The highest BCUT2D eigenvalue weighted by Gasteiger charge is 2.39. The van der Waals surface area contributed by atoms with Gasteiger partial charge >= 0.3 is 5.97 Å². The van der Waals surface area contributed by atoms with Crippen LogP contribution in [0.3, 0.4) is 0 Å². The normalized spacial score (nSPS) is 18.7. The molecule has 1 unspecified atom stereocenters. The zero-order valence-electron chi connectivity index (χ0n) is 24.0. The maximum Gasteiger partial charge on any atom is 0.333 e. The Kier molecular flexibility index (Phi) is 11.4. The average Bonchev–Trinajstić information content (AvgIpc) is 2.85. The lowest BCUT2D eigenvalue weighted by Gasteiger charge is -2.40. The fourth-order valence-electron chi connectivity index (χ4n) is 4.85. The Labute approximate surface area is 223 Å². The van der Waals surface area contributed by atoms with Crippen LogP contribution in [-0.4, -0.2) is 65.9 Å². The number of benzene rings is 1. The molecule has 0 saturated carbocycles. The molecule has 1 heterocycles. The number of carbonyl (C=O) groups is 3. The summed E-state index contributed by atoms with van der Waals surface area (Å²) in [6.45, 7) is 15.3. The molecule has 0 aliphatic carbocycles. The third-order valence-corrected chi connectivity index (χ3v) is 7.04. The number of nitrogens with one attached hydrogen (secondary N) is 1. The van der Waals surface area contributed by atoms with E-state index in [4.69, 9.17) is 4.74 Å². The minimum absolute atomic E-state index is 0.0642. The molecule has 0 aromatic heterocycles. The van der Waals surface area contributed by atoms with E-state index in [1.165, 1.54) is 5.56 Å². The molecule has 206 valence electrons. The van der Waals surface area contributed by atoms with Crippen LogP contribution in [0.5, 0.6) is 0 Å². The van der Waals surface area contributed by atoms with Crippen LogP contribution in [-0.2, 0) is 25.7 Å². The van der Waals surface area contributed by atoms with Crippen LogP contribution in [0.1, 0.15) is 73.3 Å². The molecule has 1 N–H and O–H groups in total. The first kappa shape index (κ1) is 30.6. The van der Waals surface area contributed by atoms with Crippen molar-refractivity contribution >= 4 is 17.8 Å². The van der Waals surface area contributed by atoms with E-state index in [1.54, 1.807) is 31.9 Å². The van der Waals surface area contributed by atoms with E-state index in [0.717, 1.165) is 25.8 Å². The molecule has 1 aliphatic heterocycles. The first-order valence-electron chi connectivity index (χ1n) is 13.6. The Morgan fingerprint density at radius 2 is 1.81 bits per heavy atom. The highest BCUT2D eigenvalue weighted by atomic mass is 16.5. The highest BCUT2D eigenvalue weighted by molar-refractivity contribution is 5.91. The molecule has 37 heavy (non-hydrogen) atoms. The van der Waals surface area contributed by atoms with Crippen LogP contribution in [0.15, 0.2) is 42.0 Å². The van der Waals surface area contributed by atoms with Gasteiger partial charge in [-0.05, 0) is 50.1 Å². The predicted octanol–water partition coefficient (Wildman–Crippen LogP) is 4.56. The van der Waals surface area contributed by atoms with Crippen molar-refractivity contribution in [2.75, 3.05) is 20.2 Å². The molecule has 7 nitrogen and oxygen atoms in total. The van der Waals surface area contributed by atoms with Crippen molar-refractivity contribution in [3.63, 3.8) is 0 Å². The minimum atomic E-state index is -0.706. The Hall–Kier alpha value is -2.67. The number of carbonyl (C=O) groups excluding carboxylic acids is 3. The topological polar surface area (TPSA) is 79.0 Å². The highest BCUT2D eigenvalue weighted by Crippen LogP contribution is 2.26. The SMILES string of the molecule is CCOC(=O)/C(C)=C/[C@H](C(C)C)N(C)C(=O)[C@@H](NC(=O)C1CCCCN1Cc1ccccc1)C(C)(C)C. The molecule has 1 aromatic carbocycles. The van der Waals surface area contributed by atoms with Crippen LogP contribution in [0.25, 0.3) is 0 Å². The number of rotatable bonds is 10. The van der Waals surface area contributed by atoms with Gasteiger partial charge in [0.15, 0.2) is 0 Å².